The van der Waals surface area contributed by atoms with Crippen LogP contribution in [0.15, 0.2) is 75.5 Å². The molecule has 28 heavy (non-hydrogen) atoms. The molecular weight excluding hydrogens is 506 g/mol. The Morgan fingerprint density at radius 1 is 1.00 bits per heavy atom. The van der Waals surface area contributed by atoms with Crippen LogP contribution < -0.4 is 5.56 Å². The Labute approximate surface area is 182 Å². The fourth-order valence-corrected chi connectivity index (χ4v) is 5.31. The topological polar surface area (TPSA) is 26.9 Å². The second-order valence-corrected chi connectivity index (χ2v) is 9.35. The Morgan fingerprint density at radius 2 is 1.71 bits per heavy atom. The molecule has 2 aromatic carbocycles. The van der Waals surface area contributed by atoms with Gasteiger partial charge in [-0.15, -0.1) is 0 Å². The molecule has 4 aromatic rings. The van der Waals surface area contributed by atoms with Crippen LogP contribution in [0.5, 0.6) is 0 Å². The van der Waals surface area contributed by atoms with Crippen molar-refractivity contribution in [3.63, 3.8) is 0 Å². The molecule has 0 aliphatic heterocycles. The number of nitrogens with zero attached hydrogens (tertiary/aromatic N) is 2. The lowest BCUT2D eigenvalue weighted by Gasteiger charge is -2.11. The average molecular weight is 522 g/mol. The molecule has 0 fully saturated rings. The molecule has 0 unspecified atom stereocenters. The predicted molar refractivity (Wildman–Crippen MR) is 125 cm³/mol. The van der Waals surface area contributed by atoms with E-state index in [1.807, 2.05) is 22.3 Å². The van der Waals surface area contributed by atoms with E-state index in [1.165, 1.54) is 25.3 Å². The lowest BCUT2D eigenvalue weighted by molar-refractivity contribution is 0.630. The van der Waals surface area contributed by atoms with E-state index in [0.29, 0.717) is 16.6 Å². The van der Waals surface area contributed by atoms with Crippen molar-refractivity contribution in [1.82, 2.24) is 8.54 Å². The Hall–Kier alpha value is -1.71. The van der Waals surface area contributed by atoms with Crippen LogP contribution in [0.4, 0.5) is 4.39 Å². The molecule has 0 atom stereocenters. The third-order valence-corrected chi connectivity index (χ3v) is 7.27. The molecule has 2 heterocycles. The summed E-state index contributed by atoms with van der Waals surface area (Å²) in [5.41, 5.74) is 2.88. The van der Waals surface area contributed by atoms with Crippen LogP contribution in [0.3, 0.4) is 0 Å². The number of pyridine rings is 1. The van der Waals surface area contributed by atoms with Crippen LogP contribution in [0.2, 0.25) is 0 Å². The number of fused-ring (bicyclic) bond motifs is 1. The smallest absolute Gasteiger partial charge is 0.275 e. The largest absolute Gasteiger partial charge is 0.316 e. The number of halogens is 2. The number of hydrogen-bond donors (Lipinski definition) is 0. The molecule has 0 N–H and O–H groups in total. The molecule has 0 saturated carbocycles. The van der Waals surface area contributed by atoms with Crippen molar-refractivity contribution in [3.8, 4) is 11.1 Å². The number of aromatic nitrogens is 2. The van der Waals surface area contributed by atoms with E-state index in [2.05, 4.69) is 52.4 Å². The van der Waals surface area contributed by atoms with Gasteiger partial charge in [0.1, 0.15) is 11.3 Å². The second-order valence-electron chi connectivity index (χ2n) is 6.49. The molecule has 2 aromatic heterocycles. The zero-order chi connectivity index (χ0) is 19.8. The summed E-state index contributed by atoms with van der Waals surface area (Å²) in [7, 11) is 3.12. The lowest BCUT2D eigenvalue weighted by atomic mass is 10.0. The van der Waals surface area contributed by atoms with Crippen LogP contribution in [0.1, 0.15) is 5.56 Å². The summed E-state index contributed by atoms with van der Waals surface area (Å²) in [6.45, 7) is 2.05. The van der Waals surface area contributed by atoms with Crippen LogP contribution in [0, 0.1) is 12.7 Å². The van der Waals surface area contributed by atoms with Crippen molar-refractivity contribution in [1.29, 1.82) is 0 Å². The highest BCUT2D eigenvalue weighted by atomic mass is 127. The van der Waals surface area contributed by atoms with Gasteiger partial charge in [-0.2, -0.15) is 0 Å². The van der Waals surface area contributed by atoms with Crippen LogP contribution in [-0.4, -0.2) is 8.54 Å². The standard InChI is InChI=1S/C21H16FIN2OS2/c1-13-3-5-14(6-4-13)27-15-7-8-19(22)17(11-15)18-12-24(2)21(26)20-16(18)9-10-25(20)28-23/h3-12H,1-2H3. The summed E-state index contributed by atoms with van der Waals surface area (Å²) in [6.07, 6.45) is 3.56. The first-order valence-electron chi connectivity index (χ1n) is 8.52. The molecule has 3 nitrogen and oxygen atoms in total. The van der Waals surface area contributed by atoms with Gasteiger partial charge < -0.3 is 4.57 Å². The van der Waals surface area contributed by atoms with Gasteiger partial charge in [0.15, 0.2) is 0 Å². The van der Waals surface area contributed by atoms with Gasteiger partial charge in [-0.05, 0) is 43.3 Å². The van der Waals surface area contributed by atoms with Gasteiger partial charge in [0.05, 0.1) is 0 Å². The highest BCUT2D eigenvalue weighted by molar-refractivity contribution is 14.2. The Morgan fingerprint density at radius 3 is 2.43 bits per heavy atom. The first kappa shape index (κ1) is 19.6. The summed E-state index contributed by atoms with van der Waals surface area (Å²) >= 11 is 3.72. The average Bonchev–Trinajstić information content (AvgIpc) is 3.12. The maximum Gasteiger partial charge on any atom is 0.275 e. The highest BCUT2D eigenvalue weighted by Gasteiger charge is 2.16. The van der Waals surface area contributed by atoms with Crippen LogP contribution in [0.25, 0.3) is 22.0 Å². The van der Waals surface area contributed by atoms with Crippen molar-refractivity contribution < 1.29 is 4.39 Å². The number of benzene rings is 2. The van der Waals surface area contributed by atoms with Gasteiger partial charge in [-0.3, -0.25) is 8.77 Å². The predicted octanol–water partition coefficient (Wildman–Crippen LogP) is 6.45. The van der Waals surface area contributed by atoms with Gasteiger partial charge in [-0.25, -0.2) is 4.39 Å². The summed E-state index contributed by atoms with van der Waals surface area (Å²) in [5.74, 6) is -0.303. The molecule has 0 spiro atoms. The maximum absolute atomic E-state index is 14.8. The van der Waals surface area contributed by atoms with E-state index in [0.717, 1.165) is 15.2 Å². The highest BCUT2D eigenvalue weighted by Crippen LogP contribution is 2.36. The molecule has 7 heteroatoms. The van der Waals surface area contributed by atoms with E-state index in [1.54, 1.807) is 31.1 Å². The normalized spacial score (nSPS) is 11.3. The third kappa shape index (κ3) is 3.62. The molecule has 4 rings (SSSR count). The molecule has 0 aliphatic rings. The van der Waals surface area contributed by atoms with E-state index < -0.39 is 0 Å². The van der Waals surface area contributed by atoms with E-state index in [-0.39, 0.29) is 11.4 Å². The van der Waals surface area contributed by atoms with E-state index in [9.17, 15) is 9.18 Å². The number of hydrogen-bond acceptors (Lipinski definition) is 3. The van der Waals surface area contributed by atoms with Crippen molar-refractivity contribution in [2.75, 3.05) is 0 Å². The monoisotopic (exact) mass is 522 g/mol. The van der Waals surface area contributed by atoms with Gasteiger partial charge >= 0.3 is 0 Å². The minimum absolute atomic E-state index is 0.0986. The maximum atomic E-state index is 14.8. The molecule has 0 radical (unpaired) electrons. The third-order valence-electron chi connectivity index (χ3n) is 4.55. The van der Waals surface area contributed by atoms with Crippen LogP contribution >= 0.6 is 42.1 Å². The minimum atomic E-state index is -0.303. The van der Waals surface area contributed by atoms with Crippen molar-refractivity contribution >= 4 is 53.0 Å². The van der Waals surface area contributed by atoms with E-state index in [4.69, 9.17) is 0 Å². The molecule has 0 amide bonds. The minimum Gasteiger partial charge on any atom is -0.316 e. The van der Waals surface area contributed by atoms with E-state index >= 15 is 0 Å². The van der Waals surface area contributed by atoms with Gasteiger partial charge in [0.2, 0.25) is 0 Å². The molecular formula is C21H16FIN2OS2. The Bertz CT molecular complexity index is 1230. The molecule has 142 valence electrons. The lowest BCUT2D eigenvalue weighted by Crippen LogP contribution is -2.18. The zero-order valence-corrected chi connectivity index (χ0v) is 18.9. The first-order valence-corrected chi connectivity index (χ1v) is 12.7. The van der Waals surface area contributed by atoms with Crippen molar-refractivity contribution in [3.05, 3.63) is 82.7 Å². The number of aryl methyl sites for hydroxylation is 2. The fourth-order valence-electron chi connectivity index (χ4n) is 3.12. The first-order chi connectivity index (χ1) is 13.5. The Balaban J connectivity index is 1.85. The quantitative estimate of drug-likeness (QED) is 0.288. The van der Waals surface area contributed by atoms with Gasteiger partial charge in [-0.1, -0.05) is 29.5 Å². The summed E-state index contributed by atoms with van der Waals surface area (Å²) in [5, 5.41) is 0.753. The summed E-state index contributed by atoms with van der Waals surface area (Å²) in [4.78, 5) is 14.6. The van der Waals surface area contributed by atoms with Crippen molar-refractivity contribution in [2.45, 2.75) is 16.7 Å². The number of rotatable bonds is 4. The molecule has 0 saturated heterocycles. The molecule has 0 bridgehead atoms. The fraction of sp³-hybridized carbons (Fsp3) is 0.0952. The zero-order valence-electron chi connectivity index (χ0n) is 15.1. The van der Waals surface area contributed by atoms with Gasteiger partial charge in [0, 0.05) is 76.1 Å². The molecule has 0 aliphatic carbocycles. The second kappa shape index (κ2) is 7.96. The van der Waals surface area contributed by atoms with Crippen molar-refractivity contribution in [2.24, 2.45) is 7.05 Å². The SMILES string of the molecule is Cc1ccc(Sc2ccc(F)c(-c3cn(C)c(=O)c4c3ccn4SI)c2)cc1. The summed E-state index contributed by atoms with van der Waals surface area (Å²) in [6, 6.07) is 15.3. The summed E-state index contributed by atoms with van der Waals surface area (Å²) < 4.78 is 18.1. The van der Waals surface area contributed by atoms with Gasteiger partial charge in [0.25, 0.3) is 5.56 Å². The van der Waals surface area contributed by atoms with Crippen LogP contribution in [-0.2, 0) is 7.05 Å². The Kier molecular flexibility index (Phi) is 5.57.